The van der Waals surface area contributed by atoms with Crippen molar-refractivity contribution in [3.63, 3.8) is 0 Å². The van der Waals surface area contributed by atoms with Crippen LogP contribution in [-0.2, 0) is 11.8 Å². The molecule has 22 heavy (non-hydrogen) atoms. The van der Waals surface area contributed by atoms with Gasteiger partial charge in [-0.25, -0.2) is 0 Å². The average molecular weight is 443 g/mol. The van der Waals surface area contributed by atoms with Gasteiger partial charge in [-0.15, -0.1) is 0 Å². The van der Waals surface area contributed by atoms with E-state index in [1.54, 1.807) is 0 Å². The lowest BCUT2D eigenvalue weighted by Gasteiger charge is -2.42. The number of hydrogen-bond acceptors (Lipinski definition) is 1. The highest BCUT2D eigenvalue weighted by molar-refractivity contribution is 14.1. The second-order valence-corrected chi connectivity index (χ2v) is 11.3. The maximum absolute atomic E-state index is 6.43. The molecule has 0 fully saturated rings. The third-order valence-electron chi connectivity index (χ3n) is 3.67. The summed E-state index contributed by atoms with van der Waals surface area (Å²) < 4.78 is 3.80. The molecule has 1 unspecified atom stereocenters. The molecule has 0 aliphatic rings. The van der Waals surface area contributed by atoms with E-state index in [9.17, 15) is 0 Å². The molecule has 0 aliphatic heterocycles. The fourth-order valence-electron chi connectivity index (χ4n) is 2.97. The van der Waals surface area contributed by atoms with E-state index in [1.165, 1.54) is 14.2 Å². The molecule has 0 aromatic heterocycles. The lowest BCUT2D eigenvalue weighted by molar-refractivity contribution is 0.326. The van der Waals surface area contributed by atoms with Gasteiger partial charge in [0.2, 0.25) is 0 Å². The molecule has 0 saturated carbocycles. The number of hydrogen-bond donors (Lipinski definition) is 0. The maximum atomic E-state index is 6.43. The summed E-state index contributed by atoms with van der Waals surface area (Å²) in [5.41, 5.74) is 0. The Morgan fingerprint density at radius 1 is 0.864 bits per heavy atom. The van der Waals surface area contributed by atoms with Crippen LogP contribution in [0.4, 0.5) is 0 Å². The number of halogens is 1. The number of nitrogens with zero attached hydrogens (tertiary/aromatic N) is 1. The van der Waals surface area contributed by atoms with Crippen molar-refractivity contribution in [1.82, 2.24) is 4.67 Å². The van der Waals surface area contributed by atoms with Crippen molar-refractivity contribution in [1.29, 1.82) is 0 Å². The van der Waals surface area contributed by atoms with Gasteiger partial charge in [0.05, 0.1) is 6.19 Å². The van der Waals surface area contributed by atoms with E-state index in [2.05, 4.69) is 110 Å². The van der Waals surface area contributed by atoms with Crippen LogP contribution >= 0.6 is 28.8 Å². The molecule has 0 N–H and O–H groups in total. The van der Waals surface area contributed by atoms with Crippen LogP contribution in [0.3, 0.4) is 0 Å². The summed E-state index contributed by atoms with van der Waals surface area (Å²) in [5, 5.41) is 2.58. The highest BCUT2D eigenvalue weighted by Crippen LogP contribution is 2.51. The molecule has 1 atom stereocenters. The standard InChI is InChI=1S/C18H23INPS/c1-14(2)20(15(3)4)21(22,16-10-6-5-7-11-16)18-13-9-8-12-17(18)19/h5-15H,1-4H3. The average Bonchev–Trinajstić information content (AvgIpc) is 2.47. The Morgan fingerprint density at radius 3 is 1.86 bits per heavy atom. The predicted molar refractivity (Wildman–Crippen MR) is 111 cm³/mol. The molecule has 118 valence electrons. The van der Waals surface area contributed by atoms with Gasteiger partial charge in [-0.05, 0) is 56.4 Å². The summed E-state index contributed by atoms with van der Waals surface area (Å²) in [6.07, 6.45) is -2.02. The molecule has 0 amide bonds. The van der Waals surface area contributed by atoms with E-state index >= 15 is 0 Å². The van der Waals surface area contributed by atoms with Gasteiger partial charge in [0.1, 0.15) is 0 Å². The van der Waals surface area contributed by atoms with Crippen molar-refractivity contribution in [2.24, 2.45) is 0 Å². The lowest BCUT2D eigenvalue weighted by atomic mass is 10.3. The van der Waals surface area contributed by atoms with E-state index in [0.717, 1.165) is 0 Å². The normalized spacial score (nSPS) is 14.5. The second-order valence-electron chi connectivity index (χ2n) is 5.93. The summed E-state index contributed by atoms with van der Waals surface area (Å²) in [6.45, 7) is 9.00. The molecular weight excluding hydrogens is 420 g/mol. The Balaban J connectivity index is 2.76. The fraction of sp³-hybridized carbons (Fsp3) is 0.333. The summed E-state index contributed by atoms with van der Waals surface area (Å²) in [6, 6.07) is 20.1. The molecule has 4 heteroatoms. The molecule has 0 heterocycles. The second kappa shape index (κ2) is 7.57. The Hall–Kier alpha value is -0.220. The van der Waals surface area contributed by atoms with Crippen LogP contribution in [-0.4, -0.2) is 16.8 Å². The third kappa shape index (κ3) is 3.48. The Labute approximate surface area is 153 Å². The van der Waals surface area contributed by atoms with Gasteiger partial charge in [0, 0.05) is 26.3 Å². The highest BCUT2D eigenvalue weighted by Gasteiger charge is 2.34. The van der Waals surface area contributed by atoms with E-state index < -0.39 is 6.19 Å². The van der Waals surface area contributed by atoms with Crippen molar-refractivity contribution in [3.8, 4) is 0 Å². The van der Waals surface area contributed by atoms with Crippen molar-refractivity contribution in [3.05, 3.63) is 58.2 Å². The Kier molecular flexibility index (Phi) is 6.23. The maximum Gasteiger partial charge on any atom is 0.0725 e. The van der Waals surface area contributed by atoms with Gasteiger partial charge >= 0.3 is 0 Å². The van der Waals surface area contributed by atoms with Crippen LogP contribution in [0.5, 0.6) is 0 Å². The first-order valence-corrected chi connectivity index (χ1v) is 11.4. The van der Waals surface area contributed by atoms with Crippen LogP contribution in [0.15, 0.2) is 54.6 Å². The van der Waals surface area contributed by atoms with E-state index in [0.29, 0.717) is 12.1 Å². The van der Waals surface area contributed by atoms with Gasteiger partial charge < -0.3 is 0 Å². The zero-order chi connectivity index (χ0) is 16.3. The van der Waals surface area contributed by atoms with E-state index in [1.807, 2.05) is 0 Å². The highest BCUT2D eigenvalue weighted by atomic mass is 127. The van der Waals surface area contributed by atoms with Crippen molar-refractivity contribution in [2.45, 2.75) is 39.8 Å². The van der Waals surface area contributed by atoms with Gasteiger partial charge in [0.15, 0.2) is 0 Å². The summed E-state index contributed by atoms with van der Waals surface area (Å²) >= 11 is 8.86. The molecule has 1 nitrogen and oxygen atoms in total. The van der Waals surface area contributed by atoms with Crippen molar-refractivity contribution >= 4 is 51.2 Å². The van der Waals surface area contributed by atoms with Crippen LogP contribution in [0.1, 0.15) is 27.7 Å². The third-order valence-corrected chi connectivity index (χ3v) is 10.4. The zero-order valence-corrected chi connectivity index (χ0v) is 17.4. The molecular formula is C18H23INPS. The van der Waals surface area contributed by atoms with Crippen LogP contribution in [0.2, 0.25) is 0 Å². The minimum atomic E-state index is -2.02. The molecule has 0 spiro atoms. The topological polar surface area (TPSA) is 3.24 Å². The summed E-state index contributed by atoms with van der Waals surface area (Å²) in [5.74, 6) is 0. The van der Waals surface area contributed by atoms with Gasteiger partial charge in [-0.2, -0.15) is 0 Å². The summed E-state index contributed by atoms with van der Waals surface area (Å²) in [4.78, 5) is 0. The van der Waals surface area contributed by atoms with E-state index in [4.69, 9.17) is 11.8 Å². The number of benzene rings is 2. The van der Waals surface area contributed by atoms with Crippen LogP contribution in [0, 0.1) is 3.57 Å². The first-order valence-electron chi connectivity index (χ1n) is 7.58. The summed E-state index contributed by atoms with van der Waals surface area (Å²) in [7, 11) is 0. The van der Waals surface area contributed by atoms with Gasteiger partial charge in [-0.3, -0.25) is 4.67 Å². The van der Waals surface area contributed by atoms with Gasteiger partial charge in [-0.1, -0.05) is 60.3 Å². The van der Waals surface area contributed by atoms with Crippen molar-refractivity contribution < 1.29 is 0 Å². The Bertz CT molecular complexity index is 662. The first-order chi connectivity index (χ1) is 10.4. The Morgan fingerprint density at radius 2 is 1.36 bits per heavy atom. The molecule has 0 radical (unpaired) electrons. The van der Waals surface area contributed by atoms with Crippen LogP contribution < -0.4 is 10.6 Å². The molecule has 0 bridgehead atoms. The molecule has 2 aromatic rings. The molecule has 2 rings (SSSR count). The predicted octanol–water partition coefficient (Wildman–Crippen LogP) is 4.76. The fourth-order valence-corrected chi connectivity index (χ4v) is 10.2. The number of rotatable bonds is 5. The minimum Gasteiger partial charge on any atom is -0.263 e. The smallest absolute Gasteiger partial charge is 0.0725 e. The van der Waals surface area contributed by atoms with Crippen LogP contribution in [0.25, 0.3) is 0 Å². The van der Waals surface area contributed by atoms with Gasteiger partial charge in [0.25, 0.3) is 0 Å². The van der Waals surface area contributed by atoms with E-state index in [-0.39, 0.29) is 0 Å². The molecule has 0 aliphatic carbocycles. The monoisotopic (exact) mass is 443 g/mol. The van der Waals surface area contributed by atoms with Crippen molar-refractivity contribution in [2.75, 3.05) is 0 Å². The zero-order valence-electron chi connectivity index (χ0n) is 13.5. The molecule has 0 saturated heterocycles. The largest absolute Gasteiger partial charge is 0.263 e. The SMILES string of the molecule is CC(C)N(C(C)C)P(=S)(c1ccccc1)c1ccccc1I. The minimum absolute atomic E-state index is 0.405. The first kappa shape index (κ1) is 18.1. The lowest BCUT2D eigenvalue weighted by Crippen LogP contribution is -2.41. The molecule has 2 aromatic carbocycles. The quantitative estimate of drug-likeness (QED) is 0.485.